The number of rotatable bonds is 7. The highest BCUT2D eigenvalue weighted by Gasteiger charge is 2.21. The maximum Gasteiger partial charge on any atom is 0.305 e. The Labute approximate surface area is 137 Å². The summed E-state index contributed by atoms with van der Waals surface area (Å²) in [5.74, 6) is -1.35. The maximum atomic E-state index is 12.6. The molecule has 0 aliphatic rings. The van der Waals surface area contributed by atoms with Gasteiger partial charge < -0.3 is 10.4 Å². The Morgan fingerprint density at radius 3 is 2.78 bits per heavy atom. The van der Waals surface area contributed by atoms with Crippen molar-refractivity contribution in [1.82, 2.24) is 14.9 Å². The number of thiophene rings is 1. The molecule has 0 bridgehead atoms. The Morgan fingerprint density at radius 2 is 2.17 bits per heavy atom. The number of carbonyl (C=O) groups is 2. The van der Waals surface area contributed by atoms with Crippen molar-refractivity contribution in [1.29, 1.82) is 0 Å². The lowest BCUT2D eigenvalue weighted by Crippen LogP contribution is -2.37. The predicted molar refractivity (Wildman–Crippen MR) is 87.8 cm³/mol. The van der Waals surface area contributed by atoms with Crippen molar-refractivity contribution in [3.05, 3.63) is 27.6 Å². The summed E-state index contributed by atoms with van der Waals surface area (Å²) in [5, 5.41) is 11.7. The number of carboxylic acid groups (broad SMARTS) is 1. The number of carbonyl (C=O) groups excluding carboxylic acids is 1. The molecule has 7 nitrogen and oxygen atoms in total. The molecular formula is C15H19N3O4S. The van der Waals surface area contributed by atoms with Gasteiger partial charge in [-0.2, -0.15) is 0 Å². The van der Waals surface area contributed by atoms with E-state index >= 15 is 0 Å². The largest absolute Gasteiger partial charge is 0.481 e. The molecule has 1 amide bonds. The van der Waals surface area contributed by atoms with E-state index in [1.807, 2.05) is 13.0 Å². The van der Waals surface area contributed by atoms with Crippen molar-refractivity contribution >= 4 is 33.4 Å². The van der Waals surface area contributed by atoms with Gasteiger partial charge in [0.2, 0.25) is 5.91 Å². The smallest absolute Gasteiger partial charge is 0.305 e. The van der Waals surface area contributed by atoms with Gasteiger partial charge in [0, 0.05) is 11.4 Å². The highest BCUT2D eigenvalue weighted by atomic mass is 32.1. The third kappa shape index (κ3) is 3.76. The highest BCUT2D eigenvalue weighted by molar-refractivity contribution is 7.18. The van der Waals surface area contributed by atoms with Crippen molar-refractivity contribution in [3.8, 4) is 0 Å². The van der Waals surface area contributed by atoms with Crippen LogP contribution in [0.5, 0.6) is 0 Å². The predicted octanol–water partition coefficient (Wildman–Crippen LogP) is 1.56. The number of aromatic nitrogens is 2. The van der Waals surface area contributed by atoms with E-state index in [4.69, 9.17) is 5.11 Å². The van der Waals surface area contributed by atoms with Crippen LogP contribution >= 0.6 is 11.3 Å². The standard InChI is InChI=1S/C15H19N3O4S/c1-3-9-7-10-14(23-9)17-8-18(15(10)22)11(4-2)13(21)16-6-5-12(19)20/h7-8,11H,3-6H2,1-2H3,(H,16,21)(H,19,20). The molecule has 2 heterocycles. The Morgan fingerprint density at radius 1 is 1.43 bits per heavy atom. The molecule has 1 unspecified atom stereocenters. The van der Waals surface area contributed by atoms with Crippen molar-refractivity contribution in [2.75, 3.05) is 6.54 Å². The highest BCUT2D eigenvalue weighted by Crippen LogP contribution is 2.22. The maximum absolute atomic E-state index is 12.6. The average Bonchev–Trinajstić information content (AvgIpc) is 2.94. The van der Waals surface area contributed by atoms with Crippen LogP contribution in [0.25, 0.3) is 10.2 Å². The van der Waals surface area contributed by atoms with E-state index in [-0.39, 0.29) is 24.4 Å². The van der Waals surface area contributed by atoms with Gasteiger partial charge in [-0.05, 0) is 18.9 Å². The molecule has 2 N–H and O–H groups in total. The minimum atomic E-state index is -0.982. The molecule has 0 fully saturated rings. The van der Waals surface area contributed by atoms with E-state index in [9.17, 15) is 14.4 Å². The van der Waals surface area contributed by atoms with Gasteiger partial charge in [-0.15, -0.1) is 11.3 Å². The second-order valence-electron chi connectivity index (χ2n) is 5.10. The molecule has 2 aromatic heterocycles. The third-order valence-electron chi connectivity index (χ3n) is 3.54. The van der Waals surface area contributed by atoms with Gasteiger partial charge in [0.1, 0.15) is 10.9 Å². The normalized spacial score (nSPS) is 12.3. The van der Waals surface area contributed by atoms with Crippen LogP contribution < -0.4 is 10.9 Å². The molecule has 1 atom stereocenters. The number of aliphatic carboxylic acids is 1. The molecule has 0 saturated heterocycles. The van der Waals surface area contributed by atoms with Gasteiger partial charge in [-0.1, -0.05) is 13.8 Å². The van der Waals surface area contributed by atoms with Crippen LogP contribution in [-0.4, -0.2) is 33.1 Å². The lowest BCUT2D eigenvalue weighted by atomic mass is 10.2. The topological polar surface area (TPSA) is 101 Å². The van der Waals surface area contributed by atoms with E-state index in [1.54, 1.807) is 6.92 Å². The van der Waals surface area contributed by atoms with E-state index in [1.165, 1.54) is 22.2 Å². The van der Waals surface area contributed by atoms with Crippen LogP contribution in [0.1, 0.15) is 37.6 Å². The first kappa shape index (κ1) is 17.1. The van der Waals surface area contributed by atoms with Crippen LogP contribution in [0.3, 0.4) is 0 Å². The number of hydrogen-bond donors (Lipinski definition) is 2. The Kier molecular flexibility index (Phi) is 5.49. The molecule has 0 aliphatic carbocycles. The first-order chi connectivity index (χ1) is 11.0. The first-order valence-corrected chi connectivity index (χ1v) is 8.28. The molecule has 0 radical (unpaired) electrons. The summed E-state index contributed by atoms with van der Waals surface area (Å²) in [6.45, 7) is 3.84. The van der Waals surface area contributed by atoms with Crippen molar-refractivity contribution in [2.24, 2.45) is 0 Å². The quantitative estimate of drug-likeness (QED) is 0.798. The Hall–Kier alpha value is -2.22. The number of amides is 1. The zero-order chi connectivity index (χ0) is 17.0. The van der Waals surface area contributed by atoms with Gasteiger partial charge in [-0.25, -0.2) is 4.98 Å². The lowest BCUT2D eigenvalue weighted by Gasteiger charge is -2.17. The van der Waals surface area contributed by atoms with Crippen molar-refractivity contribution in [3.63, 3.8) is 0 Å². The molecule has 2 rings (SSSR count). The molecule has 0 aliphatic heterocycles. The minimum absolute atomic E-state index is 0.0352. The van der Waals surface area contributed by atoms with Crippen molar-refractivity contribution < 1.29 is 14.7 Å². The summed E-state index contributed by atoms with van der Waals surface area (Å²) in [6.07, 6.45) is 2.48. The number of carboxylic acids is 1. The molecule has 124 valence electrons. The Bertz CT molecular complexity index is 781. The van der Waals surface area contributed by atoms with Crippen LogP contribution in [0.2, 0.25) is 0 Å². The molecule has 0 saturated carbocycles. The van der Waals surface area contributed by atoms with E-state index < -0.39 is 12.0 Å². The van der Waals surface area contributed by atoms with E-state index in [2.05, 4.69) is 10.3 Å². The Balaban J connectivity index is 2.28. The molecule has 23 heavy (non-hydrogen) atoms. The summed E-state index contributed by atoms with van der Waals surface area (Å²) < 4.78 is 1.32. The summed E-state index contributed by atoms with van der Waals surface area (Å²) in [6, 6.07) is 1.12. The molecular weight excluding hydrogens is 318 g/mol. The molecule has 0 spiro atoms. The van der Waals surface area contributed by atoms with Crippen LogP contribution in [0, 0.1) is 0 Å². The average molecular weight is 337 g/mol. The summed E-state index contributed by atoms with van der Waals surface area (Å²) in [4.78, 5) is 41.3. The zero-order valence-electron chi connectivity index (χ0n) is 13.0. The number of fused-ring (bicyclic) bond motifs is 1. The summed E-state index contributed by atoms with van der Waals surface area (Å²) >= 11 is 1.47. The summed E-state index contributed by atoms with van der Waals surface area (Å²) in [5.41, 5.74) is -0.244. The molecule has 0 aromatic carbocycles. The molecule has 2 aromatic rings. The summed E-state index contributed by atoms with van der Waals surface area (Å²) in [7, 11) is 0. The molecule has 8 heteroatoms. The monoisotopic (exact) mass is 337 g/mol. The van der Waals surface area contributed by atoms with Crippen LogP contribution in [0.15, 0.2) is 17.2 Å². The first-order valence-electron chi connectivity index (χ1n) is 7.47. The van der Waals surface area contributed by atoms with Gasteiger partial charge in [0.15, 0.2) is 0 Å². The van der Waals surface area contributed by atoms with Gasteiger partial charge in [0.05, 0.1) is 18.1 Å². The third-order valence-corrected chi connectivity index (χ3v) is 4.73. The second-order valence-corrected chi connectivity index (χ2v) is 6.22. The number of aryl methyl sites for hydroxylation is 1. The number of nitrogens with one attached hydrogen (secondary N) is 1. The lowest BCUT2D eigenvalue weighted by molar-refractivity contribution is -0.137. The van der Waals surface area contributed by atoms with Gasteiger partial charge in [-0.3, -0.25) is 19.0 Å². The minimum Gasteiger partial charge on any atom is -0.481 e. The SMILES string of the molecule is CCc1cc2c(=O)n(C(CC)C(=O)NCCC(=O)O)cnc2s1. The van der Waals surface area contributed by atoms with Crippen LogP contribution in [-0.2, 0) is 16.0 Å². The van der Waals surface area contributed by atoms with E-state index in [0.29, 0.717) is 16.6 Å². The van der Waals surface area contributed by atoms with Crippen LogP contribution in [0.4, 0.5) is 0 Å². The van der Waals surface area contributed by atoms with Gasteiger partial charge >= 0.3 is 5.97 Å². The number of nitrogens with zero attached hydrogens (tertiary/aromatic N) is 2. The zero-order valence-corrected chi connectivity index (χ0v) is 13.9. The second kappa shape index (κ2) is 7.36. The van der Waals surface area contributed by atoms with Gasteiger partial charge in [0.25, 0.3) is 5.56 Å². The number of hydrogen-bond acceptors (Lipinski definition) is 5. The van der Waals surface area contributed by atoms with E-state index in [0.717, 1.165) is 11.3 Å². The van der Waals surface area contributed by atoms with Crippen molar-refractivity contribution in [2.45, 2.75) is 39.2 Å². The fourth-order valence-electron chi connectivity index (χ4n) is 2.30. The fourth-order valence-corrected chi connectivity index (χ4v) is 3.23. The fraction of sp³-hybridized carbons (Fsp3) is 0.467.